The monoisotopic (exact) mass is 198 g/mol. The number of hydrogen-bond donors (Lipinski definition) is 0. The number of rotatable bonds is 3. The van der Waals surface area contributed by atoms with Gasteiger partial charge in [-0.1, -0.05) is 23.2 Å². The number of nitriles is 1. The van der Waals surface area contributed by atoms with Gasteiger partial charge in [0.25, 0.3) is 0 Å². The summed E-state index contributed by atoms with van der Waals surface area (Å²) >= 11 is 15.9. The Morgan fingerprint density at radius 1 is 1.60 bits per heavy atom. The van der Waals surface area contributed by atoms with Gasteiger partial charge in [0.2, 0.25) is 6.29 Å². The van der Waals surface area contributed by atoms with Crippen LogP contribution in [0.2, 0.25) is 0 Å². The van der Waals surface area contributed by atoms with Crippen LogP contribution < -0.4 is 0 Å². The quantitative estimate of drug-likeness (QED) is 0.650. The molecule has 0 aromatic rings. The van der Waals surface area contributed by atoms with Gasteiger partial charge in [0.05, 0.1) is 6.07 Å². The Bertz CT molecular complexity index is 163. The van der Waals surface area contributed by atoms with Crippen LogP contribution in [0.25, 0.3) is 0 Å². The summed E-state index contributed by atoms with van der Waals surface area (Å²) in [6.45, 7) is 0. The van der Waals surface area contributed by atoms with Gasteiger partial charge in [-0.15, -0.1) is 11.6 Å². The molecule has 0 aliphatic carbocycles. The van der Waals surface area contributed by atoms with Crippen LogP contribution in [0.1, 0.15) is 6.42 Å². The van der Waals surface area contributed by atoms with E-state index in [1.54, 1.807) is 6.07 Å². The highest BCUT2D eigenvalue weighted by molar-refractivity contribution is 6.56. The van der Waals surface area contributed by atoms with E-state index >= 15 is 0 Å². The summed E-state index contributed by atoms with van der Waals surface area (Å²) in [6.07, 6.45) is 1.24. The predicted octanol–water partition coefficient (Wildman–Crippen LogP) is 1.79. The zero-order chi connectivity index (χ0) is 8.20. The second-order valence-corrected chi connectivity index (χ2v) is 3.62. The van der Waals surface area contributed by atoms with Crippen molar-refractivity contribution in [3.63, 3.8) is 0 Å². The topological polar surface area (TPSA) is 40.9 Å². The van der Waals surface area contributed by atoms with E-state index in [2.05, 4.69) is 0 Å². The molecule has 0 amide bonds. The van der Waals surface area contributed by atoms with E-state index in [0.717, 1.165) is 0 Å². The SMILES string of the molecule is N#CC(Cl)CC(Cl)(Cl)[C]=O. The van der Waals surface area contributed by atoms with E-state index in [1.807, 2.05) is 0 Å². The Labute approximate surface area is 73.7 Å². The van der Waals surface area contributed by atoms with E-state index in [0.29, 0.717) is 0 Å². The summed E-state index contributed by atoms with van der Waals surface area (Å²) < 4.78 is -1.65. The van der Waals surface area contributed by atoms with Crippen molar-refractivity contribution in [2.24, 2.45) is 0 Å². The summed E-state index contributed by atoms with van der Waals surface area (Å²) in [5, 5.41) is 7.31. The molecule has 0 saturated carbocycles. The summed E-state index contributed by atoms with van der Waals surface area (Å²) in [5.41, 5.74) is 0. The van der Waals surface area contributed by atoms with Crippen molar-refractivity contribution in [1.29, 1.82) is 5.26 Å². The van der Waals surface area contributed by atoms with Crippen LogP contribution in [-0.2, 0) is 4.79 Å². The van der Waals surface area contributed by atoms with Crippen LogP contribution in [0.5, 0.6) is 0 Å². The second-order valence-electron chi connectivity index (χ2n) is 1.61. The van der Waals surface area contributed by atoms with Crippen LogP contribution in [0, 0.1) is 11.3 Å². The third kappa shape index (κ3) is 3.94. The van der Waals surface area contributed by atoms with E-state index in [-0.39, 0.29) is 6.42 Å². The minimum atomic E-state index is -1.65. The molecule has 0 bridgehead atoms. The fraction of sp³-hybridized carbons (Fsp3) is 0.600. The number of alkyl halides is 3. The molecule has 1 radical (unpaired) electrons. The van der Waals surface area contributed by atoms with E-state index < -0.39 is 9.71 Å². The molecule has 55 valence electrons. The zero-order valence-electron chi connectivity index (χ0n) is 4.77. The molecule has 0 saturated heterocycles. The number of hydrogen-bond acceptors (Lipinski definition) is 2. The lowest BCUT2D eigenvalue weighted by atomic mass is 10.2. The van der Waals surface area contributed by atoms with Crippen LogP contribution in [0.3, 0.4) is 0 Å². The molecule has 0 spiro atoms. The Morgan fingerprint density at radius 3 is 2.40 bits per heavy atom. The first-order valence-electron chi connectivity index (χ1n) is 2.32. The van der Waals surface area contributed by atoms with Gasteiger partial charge >= 0.3 is 0 Å². The van der Waals surface area contributed by atoms with Crippen molar-refractivity contribution >= 4 is 41.1 Å². The van der Waals surface area contributed by atoms with Crippen LogP contribution in [0.4, 0.5) is 0 Å². The number of halogens is 3. The summed E-state index contributed by atoms with van der Waals surface area (Å²) in [5.74, 6) is 0. The average molecular weight is 199 g/mol. The fourth-order valence-electron chi connectivity index (χ4n) is 0.312. The molecule has 5 heteroatoms. The first-order chi connectivity index (χ1) is 4.52. The highest BCUT2D eigenvalue weighted by Crippen LogP contribution is 2.25. The maximum atomic E-state index is 9.92. The lowest BCUT2D eigenvalue weighted by molar-refractivity contribution is 0.545. The fourth-order valence-corrected chi connectivity index (χ4v) is 1.01. The van der Waals surface area contributed by atoms with Gasteiger partial charge in [-0.3, -0.25) is 4.79 Å². The minimum absolute atomic E-state index is 0.113. The number of nitrogens with zero attached hydrogens (tertiary/aromatic N) is 1. The molecule has 0 aliphatic rings. The molecular weight excluding hydrogens is 196 g/mol. The molecule has 0 aliphatic heterocycles. The Balaban J connectivity index is 3.90. The van der Waals surface area contributed by atoms with Crippen LogP contribution in [0.15, 0.2) is 0 Å². The van der Waals surface area contributed by atoms with Crippen molar-refractivity contribution in [2.45, 2.75) is 16.1 Å². The highest BCUT2D eigenvalue weighted by atomic mass is 35.5. The number of carbonyl (C=O) groups excluding carboxylic acids is 1. The summed E-state index contributed by atoms with van der Waals surface area (Å²) in [7, 11) is 0. The molecule has 0 fully saturated rings. The predicted molar refractivity (Wildman–Crippen MR) is 40.0 cm³/mol. The third-order valence-corrected chi connectivity index (χ3v) is 1.44. The van der Waals surface area contributed by atoms with Gasteiger partial charge in [0, 0.05) is 6.42 Å². The minimum Gasteiger partial charge on any atom is -0.287 e. The van der Waals surface area contributed by atoms with Crippen molar-refractivity contribution in [1.82, 2.24) is 0 Å². The van der Waals surface area contributed by atoms with Gasteiger partial charge in [0.15, 0.2) is 4.33 Å². The van der Waals surface area contributed by atoms with E-state index in [9.17, 15) is 4.79 Å². The largest absolute Gasteiger partial charge is 0.287 e. The van der Waals surface area contributed by atoms with Crippen molar-refractivity contribution in [3.8, 4) is 6.07 Å². The van der Waals surface area contributed by atoms with E-state index in [4.69, 9.17) is 40.1 Å². The van der Waals surface area contributed by atoms with Gasteiger partial charge in [-0.05, 0) is 0 Å². The first kappa shape index (κ1) is 10.0. The maximum absolute atomic E-state index is 9.92. The molecule has 1 atom stereocenters. The summed E-state index contributed by atoms with van der Waals surface area (Å²) in [6, 6.07) is 1.67. The standard InChI is InChI=1S/C5H3Cl3NO/c6-4(2-9)1-5(7,8)3-10/h4H,1H2. The first-order valence-corrected chi connectivity index (χ1v) is 3.52. The molecule has 1 unspecified atom stereocenters. The lowest BCUT2D eigenvalue weighted by Crippen LogP contribution is -2.19. The van der Waals surface area contributed by atoms with Crippen molar-refractivity contribution < 1.29 is 4.79 Å². The molecule has 2 nitrogen and oxygen atoms in total. The Morgan fingerprint density at radius 2 is 2.10 bits per heavy atom. The molecule has 0 N–H and O–H groups in total. The van der Waals surface area contributed by atoms with Gasteiger partial charge in [0.1, 0.15) is 5.38 Å². The Kier molecular flexibility index (Phi) is 4.04. The molecular formula is C5H3Cl3NO. The van der Waals surface area contributed by atoms with Crippen LogP contribution >= 0.6 is 34.8 Å². The molecule has 0 heterocycles. The van der Waals surface area contributed by atoms with Crippen molar-refractivity contribution in [2.75, 3.05) is 0 Å². The third-order valence-electron chi connectivity index (χ3n) is 0.725. The van der Waals surface area contributed by atoms with Gasteiger partial charge < -0.3 is 0 Å². The van der Waals surface area contributed by atoms with Crippen molar-refractivity contribution in [3.05, 3.63) is 0 Å². The smallest absolute Gasteiger partial charge is 0.237 e. The highest BCUT2D eigenvalue weighted by Gasteiger charge is 2.27. The maximum Gasteiger partial charge on any atom is 0.237 e. The lowest BCUT2D eigenvalue weighted by Gasteiger charge is -2.09. The second kappa shape index (κ2) is 4.02. The average Bonchev–Trinajstić information content (AvgIpc) is 1.87. The molecule has 10 heavy (non-hydrogen) atoms. The summed E-state index contributed by atoms with van der Waals surface area (Å²) in [4.78, 5) is 9.92. The van der Waals surface area contributed by atoms with Crippen LogP contribution in [-0.4, -0.2) is 16.0 Å². The zero-order valence-corrected chi connectivity index (χ0v) is 7.04. The van der Waals surface area contributed by atoms with Gasteiger partial charge in [-0.2, -0.15) is 5.26 Å². The molecule has 0 aromatic heterocycles. The molecule has 0 aromatic carbocycles. The van der Waals surface area contributed by atoms with Gasteiger partial charge in [-0.25, -0.2) is 0 Å². The van der Waals surface area contributed by atoms with E-state index in [1.165, 1.54) is 6.29 Å². The molecule has 0 rings (SSSR count). The Hall–Kier alpha value is 0.0300. The normalized spacial score (nSPS) is 13.8.